The Balaban J connectivity index is 1.82. The summed E-state index contributed by atoms with van der Waals surface area (Å²) in [4.78, 5) is 11.7. The van der Waals surface area contributed by atoms with Gasteiger partial charge in [0, 0.05) is 12.0 Å². The highest BCUT2D eigenvalue weighted by molar-refractivity contribution is 5.80. The fourth-order valence-corrected chi connectivity index (χ4v) is 2.56. The third kappa shape index (κ3) is 2.30. The van der Waals surface area contributed by atoms with Crippen LogP contribution in [0.4, 0.5) is 4.39 Å². The number of nitrogens with two attached hydrogens (primary N) is 1. The average Bonchev–Trinajstić information content (AvgIpc) is 2.83. The Kier molecular flexibility index (Phi) is 2.49. The summed E-state index contributed by atoms with van der Waals surface area (Å²) in [7, 11) is 0. The number of fused-ring (bicyclic) bond motifs is 1. The number of hydrogen-bond acceptors (Lipinski definition) is 2. The van der Waals surface area contributed by atoms with Gasteiger partial charge in [-0.05, 0) is 38.5 Å². The van der Waals surface area contributed by atoms with Crippen LogP contribution in [0, 0.1) is 17.8 Å². The first-order chi connectivity index (χ1) is 6.88. The van der Waals surface area contributed by atoms with Crippen LogP contribution in [0.5, 0.6) is 0 Å². The molecule has 86 valence electrons. The van der Waals surface area contributed by atoms with Crippen molar-refractivity contribution in [2.24, 2.45) is 23.5 Å². The molecule has 0 aliphatic heterocycles. The molecule has 2 aliphatic carbocycles. The van der Waals surface area contributed by atoms with Crippen LogP contribution in [-0.4, -0.2) is 24.2 Å². The number of rotatable bonds is 3. The van der Waals surface area contributed by atoms with Gasteiger partial charge in [-0.1, -0.05) is 0 Å². The molecule has 2 rings (SSSR count). The lowest BCUT2D eigenvalue weighted by atomic mass is 10.0. The van der Waals surface area contributed by atoms with Crippen molar-refractivity contribution >= 4 is 5.91 Å². The van der Waals surface area contributed by atoms with Crippen LogP contribution >= 0.6 is 0 Å². The van der Waals surface area contributed by atoms with Gasteiger partial charge < -0.3 is 11.1 Å². The van der Waals surface area contributed by atoms with Crippen molar-refractivity contribution in [1.29, 1.82) is 0 Å². The summed E-state index contributed by atoms with van der Waals surface area (Å²) in [6, 6.07) is 0.184. The number of amides is 1. The number of nitrogens with one attached hydrogen (secondary N) is 1. The quantitative estimate of drug-likeness (QED) is 0.731. The summed E-state index contributed by atoms with van der Waals surface area (Å²) in [6.45, 7) is 3.02. The number of alkyl halides is 1. The Hall–Kier alpha value is -0.640. The maximum absolute atomic E-state index is 13.2. The van der Waals surface area contributed by atoms with E-state index in [4.69, 9.17) is 5.73 Å². The third-order valence-electron chi connectivity index (χ3n) is 3.50. The molecule has 0 aromatic carbocycles. The molecule has 0 bridgehead atoms. The minimum atomic E-state index is -1.33. The van der Waals surface area contributed by atoms with Crippen molar-refractivity contribution in [1.82, 2.24) is 5.32 Å². The lowest BCUT2D eigenvalue weighted by molar-refractivity contribution is -0.126. The normalized spacial score (nSPS) is 38.7. The SMILES string of the molecule is CC(C)(F)CNC(=O)[C@@H]1C[C@H](N)[C@H]2C[C@H]21. The van der Waals surface area contributed by atoms with Crippen molar-refractivity contribution in [2.45, 2.75) is 38.4 Å². The molecule has 15 heavy (non-hydrogen) atoms. The molecule has 0 spiro atoms. The average molecular weight is 214 g/mol. The molecular formula is C11H19FN2O. The van der Waals surface area contributed by atoms with E-state index < -0.39 is 5.67 Å². The number of carbonyl (C=O) groups excluding carboxylic acids is 1. The molecule has 0 aromatic rings. The van der Waals surface area contributed by atoms with Gasteiger partial charge >= 0.3 is 0 Å². The highest BCUT2D eigenvalue weighted by atomic mass is 19.1. The van der Waals surface area contributed by atoms with E-state index in [0.717, 1.165) is 12.8 Å². The van der Waals surface area contributed by atoms with E-state index >= 15 is 0 Å². The van der Waals surface area contributed by atoms with Gasteiger partial charge in [0.15, 0.2) is 0 Å². The molecule has 0 saturated heterocycles. The van der Waals surface area contributed by atoms with E-state index in [2.05, 4.69) is 5.32 Å². The van der Waals surface area contributed by atoms with Crippen LogP contribution in [0.3, 0.4) is 0 Å². The van der Waals surface area contributed by atoms with Gasteiger partial charge in [-0.2, -0.15) is 0 Å². The van der Waals surface area contributed by atoms with Crippen molar-refractivity contribution in [3.8, 4) is 0 Å². The zero-order valence-electron chi connectivity index (χ0n) is 9.29. The van der Waals surface area contributed by atoms with Crippen LogP contribution in [0.1, 0.15) is 26.7 Å². The number of carbonyl (C=O) groups is 1. The molecule has 4 atom stereocenters. The lowest BCUT2D eigenvalue weighted by Crippen LogP contribution is -2.39. The van der Waals surface area contributed by atoms with Crippen molar-refractivity contribution in [3.05, 3.63) is 0 Å². The molecule has 3 nitrogen and oxygen atoms in total. The minimum absolute atomic E-state index is 0.0128. The smallest absolute Gasteiger partial charge is 0.223 e. The zero-order chi connectivity index (χ0) is 11.2. The van der Waals surface area contributed by atoms with E-state index in [1.54, 1.807) is 0 Å². The number of halogens is 1. The van der Waals surface area contributed by atoms with Gasteiger partial charge in [-0.3, -0.25) is 4.79 Å². The number of hydrogen-bond donors (Lipinski definition) is 2. The van der Waals surface area contributed by atoms with Crippen LogP contribution < -0.4 is 11.1 Å². The first-order valence-corrected chi connectivity index (χ1v) is 5.61. The molecule has 3 N–H and O–H groups in total. The van der Waals surface area contributed by atoms with Crippen molar-refractivity contribution < 1.29 is 9.18 Å². The van der Waals surface area contributed by atoms with Gasteiger partial charge in [0.1, 0.15) is 5.67 Å². The molecule has 2 fully saturated rings. The molecule has 0 heterocycles. The minimum Gasteiger partial charge on any atom is -0.353 e. The molecule has 0 aromatic heterocycles. The fraction of sp³-hybridized carbons (Fsp3) is 0.909. The standard InChI is InChI=1S/C11H19FN2O/c1-11(2,12)5-14-10(15)8-4-9(13)7-3-6(7)8/h6-9H,3-5,13H2,1-2H3,(H,14,15)/t6-,7+,8-,9+/m1/s1. The van der Waals surface area contributed by atoms with Gasteiger partial charge in [0.25, 0.3) is 0 Å². The largest absolute Gasteiger partial charge is 0.353 e. The Morgan fingerprint density at radius 3 is 2.53 bits per heavy atom. The van der Waals surface area contributed by atoms with Crippen molar-refractivity contribution in [2.75, 3.05) is 6.54 Å². The first-order valence-electron chi connectivity index (χ1n) is 5.61. The molecule has 0 unspecified atom stereocenters. The predicted molar refractivity (Wildman–Crippen MR) is 55.9 cm³/mol. The van der Waals surface area contributed by atoms with E-state index in [1.807, 2.05) is 0 Å². The first kappa shape index (κ1) is 10.9. The molecule has 2 saturated carbocycles. The topological polar surface area (TPSA) is 55.1 Å². The molecule has 2 aliphatic rings. The van der Waals surface area contributed by atoms with Crippen LogP contribution in [0.15, 0.2) is 0 Å². The van der Waals surface area contributed by atoms with E-state index in [0.29, 0.717) is 11.8 Å². The Morgan fingerprint density at radius 2 is 2.13 bits per heavy atom. The Bertz CT molecular complexity index is 274. The van der Waals surface area contributed by atoms with Gasteiger partial charge in [-0.15, -0.1) is 0 Å². The zero-order valence-corrected chi connectivity index (χ0v) is 9.29. The summed E-state index contributed by atoms with van der Waals surface area (Å²) < 4.78 is 13.2. The summed E-state index contributed by atoms with van der Waals surface area (Å²) in [5.74, 6) is 1.05. The van der Waals surface area contributed by atoms with E-state index in [1.165, 1.54) is 13.8 Å². The maximum atomic E-state index is 13.2. The van der Waals surface area contributed by atoms with Gasteiger partial charge in [0.2, 0.25) is 5.91 Å². The summed E-state index contributed by atoms with van der Waals surface area (Å²) >= 11 is 0. The van der Waals surface area contributed by atoms with E-state index in [-0.39, 0.29) is 24.4 Å². The molecule has 1 amide bonds. The summed E-state index contributed by atoms with van der Waals surface area (Å²) in [5.41, 5.74) is 4.54. The summed E-state index contributed by atoms with van der Waals surface area (Å²) in [6.07, 6.45) is 1.85. The second kappa shape index (κ2) is 3.44. The third-order valence-corrected chi connectivity index (χ3v) is 3.50. The predicted octanol–water partition coefficient (Wildman–Crippen LogP) is 0.834. The fourth-order valence-electron chi connectivity index (χ4n) is 2.56. The second-order valence-corrected chi connectivity index (χ2v) is 5.51. The van der Waals surface area contributed by atoms with E-state index in [9.17, 15) is 9.18 Å². The Morgan fingerprint density at radius 1 is 1.47 bits per heavy atom. The van der Waals surface area contributed by atoms with Gasteiger partial charge in [0.05, 0.1) is 6.54 Å². The Labute approximate surface area is 89.6 Å². The highest BCUT2D eigenvalue weighted by Gasteiger charge is 2.55. The van der Waals surface area contributed by atoms with Crippen LogP contribution in [0.2, 0.25) is 0 Å². The lowest BCUT2D eigenvalue weighted by Gasteiger charge is -2.18. The molecule has 0 radical (unpaired) electrons. The highest BCUT2D eigenvalue weighted by Crippen LogP contribution is 2.54. The van der Waals surface area contributed by atoms with Crippen LogP contribution in [-0.2, 0) is 4.79 Å². The second-order valence-electron chi connectivity index (χ2n) is 5.51. The molecule has 4 heteroatoms. The van der Waals surface area contributed by atoms with Gasteiger partial charge in [-0.25, -0.2) is 4.39 Å². The summed E-state index contributed by atoms with van der Waals surface area (Å²) in [5, 5.41) is 2.67. The maximum Gasteiger partial charge on any atom is 0.223 e. The van der Waals surface area contributed by atoms with Crippen molar-refractivity contribution in [3.63, 3.8) is 0 Å². The monoisotopic (exact) mass is 214 g/mol. The van der Waals surface area contributed by atoms with Crippen LogP contribution in [0.25, 0.3) is 0 Å². The molecular weight excluding hydrogens is 195 g/mol.